The number of carbonyl (C=O) groups is 3. The van der Waals surface area contributed by atoms with Crippen molar-refractivity contribution in [2.24, 2.45) is 0 Å². The first-order chi connectivity index (χ1) is 17.3. The summed E-state index contributed by atoms with van der Waals surface area (Å²) in [7, 11) is 1.63. The summed E-state index contributed by atoms with van der Waals surface area (Å²) in [5.41, 5.74) is 0.185. The highest BCUT2D eigenvalue weighted by Gasteiger charge is 2.46. The van der Waals surface area contributed by atoms with Gasteiger partial charge in [0.25, 0.3) is 11.8 Å². The van der Waals surface area contributed by atoms with E-state index in [1.54, 1.807) is 14.0 Å². The number of nitrogens with zero attached hydrogens (tertiary/aromatic N) is 3. The molecule has 2 N–H and O–H groups in total. The predicted molar refractivity (Wildman–Crippen MR) is 131 cm³/mol. The van der Waals surface area contributed by atoms with Crippen molar-refractivity contribution in [3.63, 3.8) is 0 Å². The first-order valence-electron chi connectivity index (χ1n) is 12.6. The standard InChI is InChI=1S/C26H33N5O5/c1-16(17-9-10-21-22(13-17)36-12-11-35-21)27-23(32)19-14-20-24(33)30(3)26(2,15-31(20)29-19)25(34)28-18-7-5-4-6-8-18/h9-10,13-14,16,18H,4-8,11-12,15H2,1-3H3,(H,27,32)(H,28,34)/t16-,26-/m1/s1. The maximum atomic E-state index is 13.3. The molecular weight excluding hydrogens is 462 g/mol. The van der Waals surface area contributed by atoms with Crippen LogP contribution in [0.15, 0.2) is 24.3 Å². The van der Waals surface area contributed by atoms with E-state index < -0.39 is 11.4 Å². The quantitative estimate of drug-likeness (QED) is 0.659. The summed E-state index contributed by atoms with van der Waals surface area (Å²) in [5, 5.41) is 10.5. The van der Waals surface area contributed by atoms with Crippen LogP contribution in [0.1, 0.15) is 78.5 Å². The highest BCUT2D eigenvalue weighted by atomic mass is 16.6. The second-order valence-corrected chi connectivity index (χ2v) is 10.1. The molecule has 1 fully saturated rings. The third-order valence-electron chi connectivity index (χ3n) is 7.58. The third-order valence-corrected chi connectivity index (χ3v) is 7.58. The number of ether oxygens (including phenoxy) is 2. The van der Waals surface area contributed by atoms with Gasteiger partial charge in [-0.1, -0.05) is 25.3 Å². The van der Waals surface area contributed by atoms with Crippen LogP contribution in [0.25, 0.3) is 0 Å². The summed E-state index contributed by atoms with van der Waals surface area (Å²) in [5.74, 6) is 0.405. The molecule has 0 unspecified atom stereocenters. The van der Waals surface area contributed by atoms with Crippen molar-refractivity contribution in [1.29, 1.82) is 0 Å². The second kappa shape index (κ2) is 9.48. The Balaban J connectivity index is 1.30. The summed E-state index contributed by atoms with van der Waals surface area (Å²) < 4.78 is 12.7. The normalized spacial score (nSPS) is 22.5. The van der Waals surface area contributed by atoms with Crippen LogP contribution in [0.3, 0.4) is 0 Å². The number of nitrogens with one attached hydrogen (secondary N) is 2. The molecule has 1 aliphatic carbocycles. The summed E-state index contributed by atoms with van der Waals surface area (Å²) in [4.78, 5) is 40.9. The first kappa shape index (κ1) is 24.1. The van der Waals surface area contributed by atoms with E-state index in [-0.39, 0.29) is 41.8 Å². The van der Waals surface area contributed by atoms with E-state index >= 15 is 0 Å². The van der Waals surface area contributed by atoms with Crippen LogP contribution >= 0.6 is 0 Å². The first-order valence-corrected chi connectivity index (χ1v) is 12.6. The lowest BCUT2D eigenvalue weighted by Crippen LogP contribution is -2.63. The number of carbonyl (C=O) groups excluding carboxylic acids is 3. The van der Waals surface area contributed by atoms with E-state index in [4.69, 9.17) is 9.47 Å². The molecule has 10 heteroatoms. The van der Waals surface area contributed by atoms with Crippen molar-refractivity contribution >= 4 is 17.7 Å². The van der Waals surface area contributed by atoms with E-state index in [0.29, 0.717) is 24.7 Å². The molecule has 192 valence electrons. The van der Waals surface area contributed by atoms with Gasteiger partial charge in [0.05, 0.1) is 12.6 Å². The second-order valence-electron chi connectivity index (χ2n) is 10.1. The van der Waals surface area contributed by atoms with Gasteiger partial charge in [0.1, 0.15) is 24.4 Å². The van der Waals surface area contributed by atoms with Crippen molar-refractivity contribution in [1.82, 2.24) is 25.3 Å². The Morgan fingerprint density at radius 3 is 2.58 bits per heavy atom. The molecule has 0 radical (unpaired) electrons. The fourth-order valence-corrected chi connectivity index (χ4v) is 5.11. The topological polar surface area (TPSA) is 115 Å². The summed E-state index contributed by atoms with van der Waals surface area (Å²) in [6, 6.07) is 6.86. The molecule has 36 heavy (non-hydrogen) atoms. The molecule has 3 heterocycles. The maximum absolute atomic E-state index is 13.3. The largest absolute Gasteiger partial charge is 0.486 e. The highest BCUT2D eigenvalue weighted by Crippen LogP contribution is 2.33. The molecule has 0 saturated heterocycles. The molecule has 2 aromatic rings. The van der Waals surface area contributed by atoms with Crippen LogP contribution in [-0.2, 0) is 11.3 Å². The molecule has 1 aromatic heterocycles. The molecular formula is C26H33N5O5. The Morgan fingerprint density at radius 1 is 1.11 bits per heavy atom. The lowest BCUT2D eigenvalue weighted by Gasteiger charge is -2.41. The van der Waals surface area contributed by atoms with Crippen LogP contribution in [0.2, 0.25) is 0 Å². The molecule has 1 saturated carbocycles. The summed E-state index contributed by atoms with van der Waals surface area (Å²) in [6.07, 6.45) is 5.30. The molecule has 5 rings (SSSR count). The van der Waals surface area contributed by atoms with Gasteiger partial charge in [-0.05, 0) is 44.4 Å². The van der Waals surface area contributed by atoms with E-state index in [2.05, 4.69) is 15.7 Å². The fourth-order valence-electron chi connectivity index (χ4n) is 5.11. The predicted octanol–water partition coefficient (Wildman–Crippen LogP) is 2.44. The van der Waals surface area contributed by atoms with Crippen LogP contribution in [0.4, 0.5) is 0 Å². The van der Waals surface area contributed by atoms with Crippen molar-refractivity contribution in [2.75, 3.05) is 20.3 Å². The zero-order valence-electron chi connectivity index (χ0n) is 21.0. The number of rotatable bonds is 5. The van der Waals surface area contributed by atoms with Gasteiger partial charge in [0, 0.05) is 19.2 Å². The van der Waals surface area contributed by atoms with Gasteiger partial charge in [0.2, 0.25) is 5.91 Å². The third kappa shape index (κ3) is 4.40. The fraction of sp³-hybridized carbons (Fsp3) is 0.538. The minimum Gasteiger partial charge on any atom is -0.486 e. The lowest BCUT2D eigenvalue weighted by atomic mass is 9.92. The van der Waals surface area contributed by atoms with E-state index in [1.807, 2.05) is 25.1 Å². The zero-order chi connectivity index (χ0) is 25.4. The van der Waals surface area contributed by atoms with E-state index in [9.17, 15) is 14.4 Å². The molecule has 2 atom stereocenters. The Bertz CT molecular complexity index is 1190. The average Bonchev–Trinajstić information content (AvgIpc) is 3.31. The van der Waals surface area contributed by atoms with Crippen LogP contribution in [-0.4, -0.2) is 64.2 Å². The zero-order valence-corrected chi connectivity index (χ0v) is 21.0. The Morgan fingerprint density at radius 2 is 1.83 bits per heavy atom. The number of likely N-dealkylation sites (N-methyl/N-ethyl adjacent to an activating group) is 1. The van der Waals surface area contributed by atoms with Crippen LogP contribution in [0.5, 0.6) is 11.5 Å². The van der Waals surface area contributed by atoms with Gasteiger partial charge in [0.15, 0.2) is 17.2 Å². The SMILES string of the molecule is C[C@@H](NC(=O)c1cc2n(n1)C[C@](C)(C(=O)NC1CCCCC1)N(C)C2=O)c1ccc2c(c1)OCCO2. The molecule has 0 bridgehead atoms. The number of amides is 3. The molecule has 0 spiro atoms. The van der Waals surface area contributed by atoms with Crippen LogP contribution in [0, 0.1) is 0 Å². The summed E-state index contributed by atoms with van der Waals surface area (Å²) >= 11 is 0. The van der Waals surface area contributed by atoms with Crippen molar-refractivity contribution in [3.05, 3.63) is 41.2 Å². The number of hydrogen-bond acceptors (Lipinski definition) is 6. The number of fused-ring (bicyclic) bond motifs is 2. The Kier molecular flexibility index (Phi) is 6.36. The van der Waals surface area contributed by atoms with E-state index in [1.165, 1.54) is 22.1 Å². The highest BCUT2D eigenvalue weighted by molar-refractivity contribution is 6.01. The van der Waals surface area contributed by atoms with Crippen LogP contribution < -0.4 is 20.1 Å². The Labute approximate surface area is 210 Å². The average molecular weight is 496 g/mol. The summed E-state index contributed by atoms with van der Waals surface area (Å²) in [6.45, 7) is 4.78. The number of benzene rings is 1. The monoisotopic (exact) mass is 495 g/mol. The van der Waals surface area contributed by atoms with Gasteiger partial charge in [-0.3, -0.25) is 19.1 Å². The smallest absolute Gasteiger partial charge is 0.272 e. The van der Waals surface area contributed by atoms with Gasteiger partial charge in [-0.25, -0.2) is 0 Å². The minimum atomic E-state index is -1.10. The molecule has 3 amide bonds. The number of hydrogen-bond donors (Lipinski definition) is 2. The van der Waals surface area contributed by atoms with Gasteiger partial charge >= 0.3 is 0 Å². The van der Waals surface area contributed by atoms with E-state index in [0.717, 1.165) is 31.2 Å². The maximum Gasteiger partial charge on any atom is 0.272 e. The molecule has 10 nitrogen and oxygen atoms in total. The van der Waals surface area contributed by atoms with Gasteiger partial charge in [-0.15, -0.1) is 0 Å². The minimum absolute atomic E-state index is 0.132. The van der Waals surface area contributed by atoms with Crippen molar-refractivity contribution < 1.29 is 23.9 Å². The molecule has 3 aliphatic rings. The lowest BCUT2D eigenvalue weighted by molar-refractivity contribution is -0.133. The van der Waals surface area contributed by atoms with Crippen molar-refractivity contribution in [2.45, 2.75) is 70.1 Å². The number of aromatic nitrogens is 2. The molecule has 1 aromatic carbocycles. The van der Waals surface area contributed by atoms with Gasteiger partial charge < -0.3 is 25.0 Å². The van der Waals surface area contributed by atoms with Crippen molar-refractivity contribution in [3.8, 4) is 11.5 Å². The Hall–Kier alpha value is -3.56. The molecule has 2 aliphatic heterocycles. The van der Waals surface area contributed by atoms with Gasteiger partial charge in [-0.2, -0.15) is 5.10 Å².